The van der Waals surface area contributed by atoms with E-state index in [2.05, 4.69) is 17.3 Å². The highest BCUT2D eigenvalue weighted by molar-refractivity contribution is 5.75. The third-order valence-electron chi connectivity index (χ3n) is 2.48. The van der Waals surface area contributed by atoms with Gasteiger partial charge in [-0.05, 0) is 13.3 Å². The molecule has 0 aliphatic heterocycles. The van der Waals surface area contributed by atoms with Crippen LogP contribution in [-0.2, 0) is 11.8 Å². The van der Waals surface area contributed by atoms with Gasteiger partial charge < -0.3 is 5.11 Å². The van der Waals surface area contributed by atoms with E-state index in [1.807, 2.05) is 6.92 Å². The van der Waals surface area contributed by atoms with Crippen molar-refractivity contribution in [1.82, 2.24) is 15.1 Å². The highest BCUT2D eigenvalue weighted by atomic mass is 16.4. The summed E-state index contributed by atoms with van der Waals surface area (Å²) in [5.41, 5.74) is 0.693. The first kappa shape index (κ1) is 12.7. The lowest BCUT2D eigenvalue weighted by atomic mass is 10.1. The van der Waals surface area contributed by atoms with E-state index in [1.165, 1.54) is 0 Å². The van der Waals surface area contributed by atoms with Crippen molar-refractivity contribution in [3.8, 4) is 0 Å². The van der Waals surface area contributed by atoms with Crippen LogP contribution in [0.15, 0.2) is 12.4 Å². The molecule has 0 aliphatic rings. The van der Waals surface area contributed by atoms with Crippen molar-refractivity contribution in [3.05, 3.63) is 18.0 Å². The van der Waals surface area contributed by atoms with E-state index in [-0.39, 0.29) is 6.04 Å². The quantitative estimate of drug-likeness (QED) is 0.766. The minimum Gasteiger partial charge on any atom is -0.480 e. The second-order valence-corrected chi connectivity index (χ2v) is 4.07. The molecule has 1 rings (SSSR count). The van der Waals surface area contributed by atoms with Gasteiger partial charge in [0.05, 0.1) is 6.20 Å². The smallest absolute Gasteiger partial charge is 0.325 e. The van der Waals surface area contributed by atoms with Crippen LogP contribution in [0.1, 0.15) is 38.3 Å². The lowest BCUT2D eigenvalue weighted by molar-refractivity contribution is -0.139. The molecule has 0 fully saturated rings. The van der Waals surface area contributed by atoms with Crippen LogP contribution >= 0.6 is 0 Å². The number of nitrogens with zero attached hydrogens (tertiary/aromatic N) is 2. The van der Waals surface area contributed by atoms with Gasteiger partial charge >= 0.3 is 5.97 Å². The Morgan fingerprint density at radius 2 is 2.38 bits per heavy atom. The van der Waals surface area contributed by atoms with Crippen molar-refractivity contribution in [2.24, 2.45) is 7.05 Å². The fraction of sp³-hybridized carbons (Fsp3) is 0.636. The molecular formula is C11H19N3O2. The van der Waals surface area contributed by atoms with E-state index in [0.29, 0.717) is 5.56 Å². The van der Waals surface area contributed by atoms with Gasteiger partial charge in [0, 0.05) is 24.8 Å². The predicted molar refractivity (Wildman–Crippen MR) is 61.1 cm³/mol. The van der Waals surface area contributed by atoms with Gasteiger partial charge in [0.1, 0.15) is 6.04 Å². The van der Waals surface area contributed by atoms with Crippen molar-refractivity contribution in [1.29, 1.82) is 0 Å². The molecule has 0 bridgehead atoms. The van der Waals surface area contributed by atoms with Crippen LogP contribution in [0.2, 0.25) is 0 Å². The molecule has 0 saturated heterocycles. The van der Waals surface area contributed by atoms with Crippen molar-refractivity contribution >= 4 is 5.97 Å². The van der Waals surface area contributed by atoms with Gasteiger partial charge in [-0.25, -0.2) is 0 Å². The van der Waals surface area contributed by atoms with Crippen LogP contribution in [0.5, 0.6) is 0 Å². The molecule has 5 heteroatoms. The molecule has 2 atom stereocenters. The van der Waals surface area contributed by atoms with Crippen LogP contribution in [-0.4, -0.2) is 26.9 Å². The Kier molecular flexibility index (Phi) is 4.49. The second kappa shape index (κ2) is 5.65. The van der Waals surface area contributed by atoms with Crippen molar-refractivity contribution in [2.75, 3.05) is 0 Å². The van der Waals surface area contributed by atoms with Gasteiger partial charge in [-0.3, -0.25) is 14.8 Å². The molecule has 2 N–H and O–H groups in total. The monoisotopic (exact) mass is 225 g/mol. The van der Waals surface area contributed by atoms with Gasteiger partial charge in [0.25, 0.3) is 0 Å². The zero-order valence-electron chi connectivity index (χ0n) is 9.97. The number of nitrogens with one attached hydrogen (secondary N) is 1. The van der Waals surface area contributed by atoms with Crippen LogP contribution in [0.4, 0.5) is 0 Å². The van der Waals surface area contributed by atoms with Gasteiger partial charge in [-0.2, -0.15) is 5.10 Å². The maximum atomic E-state index is 11.1. The number of aliphatic carboxylic acids is 1. The Bertz CT molecular complexity index is 349. The highest BCUT2D eigenvalue weighted by Gasteiger charge is 2.22. The van der Waals surface area contributed by atoms with E-state index >= 15 is 0 Å². The first-order valence-electron chi connectivity index (χ1n) is 5.52. The van der Waals surface area contributed by atoms with E-state index in [1.54, 1.807) is 24.1 Å². The van der Waals surface area contributed by atoms with Gasteiger partial charge in [0.2, 0.25) is 0 Å². The van der Waals surface area contributed by atoms with E-state index < -0.39 is 12.0 Å². The molecule has 0 amide bonds. The van der Waals surface area contributed by atoms with Crippen LogP contribution in [0.3, 0.4) is 0 Å². The number of aryl methyl sites for hydroxylation is 1. The minimum absolute atomic E-state index is 0.186. The van der Waals surface area contributed by atoms with Gasteiger partial charge in [0.15, 0.2) is 0 Å². The molecule has 1 aromatic heterocycles. The second-order valence-electron chi connectivity index (χ2n) is 4.07. The van der Waals surface area contributed by atoms with Crippen molar-refractivity contribution < 1.29 is 9.90 Å². The largest absolute Gasteiger partial charge is 0.480 e. The van der Waals surface area contributed by atoms with Crippen LogP contribution in [0, 0.1) is 0 Å². The number of carboxylic acids is 1. The van der Waals surface area contributed by atoms with E-state index in [9.17, 15) is 4.79 Å². The summed E-state index contributed by atoms with van der Waals surface area (Å²) in [5.74, 6) is -0.865. The third kappa shape index (κ3) is 3.34. The summed E-state index contributed by atoms with van der Waals surface area (Å²) in [4.78, 5) is 11.1. The van der Waals surface area contributed by atoms with E-state index in [4.69, 9.17) is 5.11 Å². The molecule has 5 nitrogen and oxygen atoms in total. The Balaban J connectivity index is 2.72. The number of carboxylic acid groups (broad SMARTS) is 1. The number of hydrogen-bond acceptors (Lipinski definition) is 3. The van der Waals surface area contributed by atoms with E-state index in [0.717, 1.165) is 12.8 Å². The molecule has 0 saturated carbocycles. The minimum atomic E-state index is -0.865. The fourth-order valence-electron chi connectivity index (χ4n) is 1.70. The Hall–Kier alpha value is -1.36. The maximum Gasteiger partial charge on any atom is 0.325 e. The summed E-state index contributed by atoms with van der Waals surface area (Å²) in [6.45, 7) is 4.08. The predicted octanol–water partition coefficient (Wildman–Crippen LogP) is 1.32. The fourth-order valence-corrected chi connectivity index (χ4v) is 1.70. The Morgan fingerprint density at radius 3 is 2.81 bits per heavy atom. The molecular weight excluding hydrogens is 206 g/mol. The summed E-state index contributed by atoms with van der Waals surface area (Å²) >= 11 is 0. The zero-order chi connectivity index (χ0) is 12.1. The summed E-state index contributed by atoms with van der Waals surface area (Å²) in [6.07, 6.45) is 5.31. The van der Waals surface area contributed by atoms with Crippen LogP contribution < -0.4 is 5.32 Å². The normalized spacial score (nSPS) is 14.7. The molecule has 1 heterocycles. The molecule has 16 heavy (non-hydrogen) atoms. The third-order valence-corrected chi connectivity index (χ3v) is 2.48. The SMILES string of the molecule is CCCC(C)NC(C(=O)O)c1cnn(C)c1. The lowest BCUT2D eigenvalue weighted by Crippen LogP contribution is -2.35. The number of rotatable bonds is 6. The standard InChI is InChI=1S/C11H19N3O2/c1-4-5-8(2)13-10(11(15)16)9-6-12-14(3)7-9/h6-8,10,13H,4-5H2,1-3H3,(H,15,16). The number of hydrogen-bond donors (Lipinski definition) is 2. The summed E-state index contributed by atoms with van der Waals surface area (Å²) in [7, 11) is 1.78. The average Bonchev–Trinajstić information content (AvgIpc) is 2.61. The van der Waals surface area contributed by atoms with Gasteiger partial charge in [-0.1, -0.05) is 13.3 Å². The van der Waals surface area contributed by atoms with Crippen molar-refractivity contribution in [2.45, 2.75) is 38.8 Å². The zero-order valence-corrected chi connectivity index (χ0v) is 9.97. The first-order valence-corrected chi connectivity index (χ1v) is 5.52. The lowest BCUT2D eigenvalue weighted by Gasteiger charge is -2.18. The summed E-state index contributed by atoms with van der Waals surface area (Å²) in [5, 5.41) is 16.2. The molecule has 90 valence electrons. The summed E-state index contributed by atoms with van der Waals surface area (Å²) in [6, 6.07) is -0.485. The molecule has 0 aliphatic carbocycles. The molecule has 1 aromatic rings. The molecule has 0 aromatic carbocycles. The number of carbonyl (C=O) groups is 1. The molecule has 0 radical (unpaired) electrons. The molecule has 0 spiro atoms. The molecule has 2 unspecified atom stereocenters. The first-order chi connectivity index (χ1) is 7.54. The maximum absolute atomic E-state index is 11.1. The topological polar surface area (TPSA) is 67.2 Å². The van der Waals surface area contributed by atoms with Gasteiger partial charge in [-0.15, -0.1) is 0 Å². The highest BCUT2D eigenvalue weighted by Crippen LogP contribution is 2.13. The van der Waals surface area contributed by atoms with Crippen molar-refractivity contribution in [3.63, 3.8) is 0 Å². The Morgan fingerprint density at radius 1 is 1.69 bits per heavy atom. The number of aromatic nitrogens is 2. The summed E-state index contributed by atoms with van der Waals surface area (Å²) < 4.78 is 1.61. The Labute approximate surface area is 95.5 Å². The van der Waals surface area contributed by atoms with Crippen LogP contribution in [0.25, 0.3) is 0 Å². The average molecular weight is 225 g/mol.